The Hall–Kier alpha value is -1.86. The Bertz CT molecular complexity index is 891. The van der Waals surface area contributed by atoms with Gasteiger partial charge < -0.3 is 14.4 Å². The van der Waals surface area contributed by atoms with Crippen LogP contribution in [0.25, 0.3) is 10.8 Å². The fourth-order valence-electron chi connectivity index (χ4n) is 2.42. The van der Waals surface area contributed by atoms with E-state index in [1.165, 1.54) is 24.3 Å². The molecule has 0 fully saturated rings. The molecule has 0 aliphatic rings. The first-order chi connectivity index (χ1) is 11.2. The molecule has 3 aromatic rings. The number of hydrogen-bond acceptors (Lipinski definition) is 2. The van der Waals surface area contributed by atoms with Gasteiger partial charge >= 0.3 is 6.36 Å². The highest BCUT2D eigenvalue weighted by atomic mass is 79.9. The van der Waals surface area contributed by atoms with Crippen LogP contribution in [0.1, 0.15) is 5.56 Å². The van der Waals surface area contributed by atoms with Gasteiger partial charge in [0.2, 0.25) is 5.88 Å². The largest absolute Gasteiger partial charge is 0.573 e. The second-order valence-electron chi connectivity index (χ2n) is 5.12. The number of hydrogen-bond donors (Lipinski definition) is 1. The van der Waals surface area contributed by atoms with E-state index in [0.29, 0.717) is 16.0 Å². The van der Waals surface area contributed by atoms with Crippen molar-refractivity contribution in [3.05, 3.63) is 57.7 Å². The van der Waals surface area contributed by atoms with E-state index < -0.39 is 6.36 Å². The first kappa shape index (κ1) is 17.0. The molecule has 8 heteroatoms. The normalized spacial score (nSPS) is 11.9. The van der Waals surface area contributed by atoms with Crippen LogP contribution >= 0.6 is 27.5 Å². The van der Waals surface area contributed by atoms with Gasteiger partial charge in [-0.15, -0.1) is 13.2 Å². The zero-order valence-corrected chi connectivity index (χ0v) is 14.3. The van der Waals surface area contributed by atoms with Crippen LogP contribution in [0.5, 0.6) is 11.6 Å². The maximum absolute atomic E-state index is 12.2. The van der Waals surface area contributed by atoms with Gasteiger partial charge in [0.25, 0.3) is 0 Å². The van der Waals surface area contributed by atoms with Gasteiger partial charge in [0.1, 0.15) is 5.75 Å². The third-order valence-electron chi connectivity index (χ3n) is 3.39. The van der Waals surface area contributed by atoms with Gasteiger partial charge in [-0.05, 0) is 29.8 Å². The van der Waals surface area contributed by atoms with Crippen LogP contribution in [0.3, 0.4) is 0 Å². The summed E-state index contributed by atoms with van der Waals surface area (Å²) in [6.07, 6.45) is -3.00. The van der Waals surface area contributed by atoms with E-state index in [1.54, 1.807) is 16.8 Å². The standard InChI is InChI=1S/C16H10BrClF3NO2/c17-11-5-10-8-22(15(23)14(10)13(18)6-11)7-9-1-3-12(4-2-9)24-16(19,20)21/h1-6,8,23H,7H2. The molecular weight excluding hydrogens is 411 g/mol. The summed E-state index contributed by atoms with van der Waals surface area (Å²) in [5, 5.41) is 12.0. The van der Waals surface area contributed by atoms with Crippen molar-refractivity contribution in [1.82, 2.24) is 4.57 Å². The SMILES string of the molecule is Oc1c2c(Cl)cc(Br)cc2cn1Cc1ccc(OC(F)(F)F)cc1. The number of nitrogens with zero attached hydrogens (tertiary/aromatic N) is 1. The number of rotatable bonds is 3. The van der Waals surface area contributed by atoms with Crippen LogP contribution in [0.4, 0.5) is 13.2 Å². The second-order valence-corrected chi connectivity index (χ2v) is 6.45. The van der Waals surface area contributed by atoms with Crippen molar-refractivity contribution in [3.8, 4) is 11.6 Å². The molecule has 2 aromatic carbocycles. The Morgan fingerprint density at radius 1 is 1.17 bits per heavy atom. The van der Waals surface area contributed by atoms with Gasteiger partial charge in [0, 0.05) is 16.1 Å². The van der Waals surface area contributed by atoms with Crippen molar-refractivity contribution in [2.75, 3.05) is 0 Å². The number of benzene rings is 2. The van der Waals surface area contributed by atoms with Gasteiger partial charge in [-0.25, -0.2) is 0 Å². The molecule has 3 nitrogen and oxygen atoms in total. The molecule has 0 saturated heterocycles. The Morgan fingerprint density at radius 3 is 2.46 bits per heavy atom. The summed E-state index contributed by atoms with van der Waals surface area (Å²) in [6.45, 7) is 0.279. The monoisotopic (exact) mass is 419 g/mol. The van der Waals surface area contributed by atoms with E-state index in [9.17, 15) is 18.3 Å². The van der Waals surface area contributed by atoms with Crippen molar-refractivity contribution < 1.29 is 23.0 Å². The lowest BCUT2D eigenvalue weighted by Crippen LogP contribution is -2.17. The third kappa shape index (κ3) is 3.62. The minimum atomic E-state index is -4.72. The molecule has 0 unspecified atom stereocenters. The predicted molar refractivity (Wildman–Crippen MR) is 88.5 cm³/mol. The maximum Gasteiger partial charge on any atom is 0.573 e. The smallest absolute Gasteiger partial charge is 0.494 e. The van der Waals surface area contributed by atoms with Crippen molar-refractivity contribution in [2.24, 2.45) is 0 Å². The molecule has 1 aromatic heterocycles. The van der Waals surface area contributed by atoms with Crippen LogP contribution in [0.15, 0.2) is 47.1 Å². The van der Waals surface area contributed by atoms with Gasteiger partial charge in [-0.3, -0.25) is 0 Å². The minimum absolute atomic E-state index is 0.00174. The summed E-state index contributed by atoms with van der Waals surface area (Å²) in [5.41, 5.74) is 0.704. The van der Waals surface area contributed by atoms with Crippen LogP contribution in [0, 0.1) is 0 Å². The van der Waals surface area contributed by atoms with Gasteiger partial charge in [0.15, 0.2) is 0 Å². The molecule has 1 N–H and O–H groups in total. The summed E-state index contributed by atoms with van der Waals surface area (Å²) < 4.78 is 42.6. The molecule has 24 heavy (non-hydrogen) atoms. The molecule has 0 radical (unpaired) electrons. The third-order valence-corrected chi connectivity index (χ3v) is 4.14. The number of ether oxygens (including phenoxy) is 1. The number of halogens is 5. The molecular formula is C16H10BrClF3NO2. The zero-order valence-electron chi connectivity index (χ0n) is 11.9. The van der Waals surface area contributed by atoms with Gasteiger partial charge in [-0.2, -0.15) is 0 Å². The zero-order chi connectivity index (χ0) is 17.5. The van der Waals surface area contributed by atoms with Crippen LogP contribution in [-0.4, -0.2) is 16.0 Å². The fourth-order valence-corrected chi connectivity index (χ4v) is 3.34. The Morgan fingerprint density at radius 2 is 1.83 bits per heavy atom. The first-order valence-electron chi connectivity index (χ1n) is 6.74. The van der Waals surface area contributed by atoms with Crippen LogP contribution in [-0.2, 0) is 6.54 Å². The van der Waals surface area contributed by atoms with Crippen LogP contribution in [0.2, 0.25) is 5.02 Å². The Balaban J connectivity index is 1.87. The molecule has 126 valence electrons. The summed E-state index contributed by atoms with van der Waals surface area (Å²) in [7, 11) is 0. The van der Waals surface area contributed by atoms with Gasteiger partial charge in [0.05, 0.1) is 17.0 Å². The Labute approximate surface area is 148 Å². The molecule has 0 saturated carbocycles. The van der Waals surface area contributed by atoms with Crippen LogP contribution < -0.4 is 4.74 Å². The summed E-state index contributed by atoms with van der Waals surface area (Å²) in [6, 6.07) is 8.96. The molecule has 0 amide bonds. The fraction of sp³-hybridized carbons (Fsp3) is 0.125. The van der Waals surface area contributed by atoms with E-state index in [1.807, 2.05) is 6.07 Å². The second kappa shape index (κ2) is 6.22. The molecule has 1 heterocycles. The molecule has 0 bridgehead atoms. The quantitative estimate of drug-likeness (QED) is 0.589. The molecule has 0 aliphatic carbocycles. The average Bonchev–Trinajstić information content (AvgIpc) is 2.76. The first-order valence-corrected chi connectivity index (χ1v) is 7.91. The number of aromatic nitrogens is 1. The predicted octanol–water partition coefficient (Wildman–Crippen LogP) is 5.71. The lowest BCUT2D eigenvalue weighted by atomic mass is 10.2. The number of aromatic hydroxyl groups is 1. The van der Waals surface area contributed by atoms with E-state index in [4.69, 9.17) is 11.6 Å². The van der Waals surface area contributed by atoms with E-state index >= 15 is 0 Å². The molecule has 0 aliphatic heterocycles. The number of fused-ring (bicyclic) bond motifs is 1. The van der Waals surface area contributed by atoms with Crippen molar-refractivity contribution in [2.45, 2.75) is 12.9 Å². The van der Waals surface area contributed by atoms with E-state index in [0.717, 1.165) is 9.86 Å². The maximum atomic E-state index is 12.2. The van der Waals surface area contributed by atoms with Crippen molar-refractivity contribution in [1.29, 1.82) is 0 Å². The highest BCUT2D eigenvalue weighted by Crippen LogP contribution is 2.36. The topological polar surface area (TPSA) is 34.4 Å². The Kier molecular flexibility index (Phi) is 4.40. The average molecular weight is 421 g/mol. The highest BCUT2D eigenvalue weighted by molar-refractivity contribution is 9.10. The lowest BCUT2D eigenvalue weighted by molar-refractivity contribution is -0.274. The molecule has 3 rings (SSSR count). The van der Waals surface area contributed by atoms with Crippen molar-refractivity contribution >= 4 is 38.3 Å². The number of alkyl halides is 3. The summed E-state index contributed by atoms with van der Waals surface area (Å²) in [5.74, 6) is -0.293. The van der Waals surface area contributed by atoms with E-state index in [-0.39, 0.29) is 18.2 Å². The molecule has 0 atom stereocenters. The highest BCUT2D eigenvalue weighted by Gasteiger charge is 2.30. The van der Waals surface area contributed by atoms with Gasteiger partial charge in [-0.1, -0.05) is 39.7 Å². The minimum Gasteiger partial charge on any atom is -0.494 e. The summed E-state index contributed by atoms with van der Waals surface area (Å²) >= 11 is 9.47. The van der Waals surface area contributed by atoms with Crippen molar-refractivity contribution in [3.63, 3.8) is 0 Å². The lowest BCUT2D eigenvalue weighted by Gasteiger charge is -2.10. The van der Waals surface area contributed by atoms with E-state index in [2.05, 4.69) is 20.7 Å². The molecule has 0 spiro atoms. The summed E-state index contributed by atoms with van der Waals surface area (Å²) in [4.78, 5) is 0.